The number of nitrogens with zero attached hydrogens (tertiary/aromatic N) is 3. The number of aromatic nitrogens is 3. The van der Waals surface area contributed by atoms with Crippen LogP contribution in [0.15, 0.2) is 30.5 Å². The minimum atomic E-state index is -4.90. The fourth-order valence-corrected chi connectivity index (χ4v) is 2.44. The van der Waals surface area contributed by atoms with Gasteiger partial charge in [0.2, 0.25) is 5.82 Å². The highest BCUT2D eigenvalue weighted by Crippen LogP contribution is 2.35. The summed E-state index contributed by atoms with van der Waals surface area (Å²) in [6.07, 6.45) is -4.65. The zero-order chi connectivity index (χ0) is 17.5. The summed E-state index contributed by atoms with van der Waals surface area (Å²) < 4.78 is 78.5. The molecule has 0 saturated carbocycles. The standard InChI is InChI=1S/C15H8F6N3/c16-9-4-8(5-22-6-9)10-2-1-3-11-13(10)23-14(15(19,20)21)24(11)7-12(17)18/h1-5,12H,7H2. The number of hydrogen-bond acceptors (Lipinski definition) is 2. The largest absolute Gasteiger partial charge is 0.449 e. The Kier molecular flexibility index (Phi) is 3.94. The normalized spacial score (nSPS) is 12.3. The van der Waals surface area contributed by atoms with E-state index in [1.165, 1.54) is 24.4 Å². The average molecular weight is 344 g/mol. The van der Waals surface area contributed by atoms with Gasteiger partial charge >= 0.3 is 6.18 Å². The molecule has 0 aliphatic carbocycles. The molecule has 3 aromatic rings. The topological polar surface area (TPSA) is 30.7 Å². The number of rotatable bonds is 3. The third-order valence-corrected chi connectivity index (χ3v) is 3.32. The highest BCUT2D eigenvalue weighted by atomic mass is 19.4. The molecule has 0 spiro atoms. The predicted octanol–water partition coefficient (Wildman–Crippen LogP) is 4.32. The van der Waals surface area contributed by atoms with Crippen molar-refractivity contribution in [3.8, 4) is 11.1 Å². The van der Waals surface area contributed by atoms with Crippen LogP contribution < -0.4 is 0 Å². The molecule has 0 fully saturated rings. The van der Waals surface area contributed by atoms with E-state index in [0.29, 0.717) is 4.57 Å². The van der Waals surface area contributed by atoms with Gasteiger partial charge in [-0.1, -0.05) is 12.1 Å². The first-order valence-corrected chi connectivity index (χ1v) is 6.65. The maximum atomic E-state index is 13.3. The molecular weight excluding hydrogens is 336 g/mol. The van der Waals surface area contributed by atoms with Crippen molar-refractivity contribution in [3.63, 3.8) is 0 Å². The molecule has 3 nitrogen and oxygen atoms in total. The van der Waals surface area contributed by atoms with Crippen LogP contribution in [-0.2, 0) is 12.7 Å². The van der Waals surface area contributed by atoms with E-state index >= 15 is 0 Å². The smallest absolute Gasteiger partial charge is 0.315 e. The van der Waals surface area contributed by atoms with Gasteiger partial charge in [-0.3, -0.25) is 4.98 Å². The predicted molar refractivity (Wildman–Crippen MR) is 72.8 cm³/mol. The molecule has 1 radical (unpaired) electrons. The Morgan fingerprint density at radius 2 is 1.96 bits per heavy atom. The summed E-state index contributed by atoms with van der Waals surface area (Å²) in [7, 11) is 0. The number of pyridine rings is 1. The molecule has 0 atom stereocenters. The second-order valence-corrected chi connectivity index (χ2v) is 4.93. The van der Waals surface area contributed by atoms with Crippen LogP contribution in [0.4, 0.5) is 26.3 Å². The summed E-state index contributed by atoms with van der Waals surface area (Å²) in [6.45, 7) is -1.15. The molecule has 0 bridgehead atoms. The molecule has 0 saturated heterocycles. The number of benzene rings is 1. The van der Waals surface area contributed by atoms with Crippen molar-refractivity contribution in [1.82, 2.24) is 14.5 Å². The van der Waals surface area contributed by atoms with Crippen LogP contribution >= 0.6 is 0 Å². The van der Waals surface area contributed by atoms with E-state index in [4.69, 9.17) is 0 Å². The van der Waals surface area contributed by atoms with Gasteiger partial charge in [0.05, 0.1) is 17.6 Å². The van der Waals surface area contributed by atoms with Gasteiger partial charge in [0.25, 0.3) is 6.43 Å². The minimum Gasteiger partial charge on any atom is -0.315 e. The molecule has 24 heavy (non-hydrogen) atoms. The molecule has 1 aromatic carbocycles. The van der Waals surface area contributed by atoms with Crippen LogP contribution in [0.5, 0.6) is 0 Å². The maximum absolute atomic E-state index is 13.3. The molecule has 0 unspecified atom stereocenters. The Bertz CT molecular complexity index is 885. The van der Waals surface area contributed by atoms with Crippen molar-refractivity contribution in [3.05, 3.63) is 48.3 Å². The molecule has 2 aromatic heterocycles. The van der Waals surface area contributed by atoms with Crippen molar-refractivity contribution in [2.45, 2.75) is 19.1 Å². The zero-order valence-electron chi connectivity index (χ0n) is 11.8. The van der Waals surface area contributed by atoms with Crippen molar-refractivity contribution in [2.75, 3.05) is 0 Å². The van der Waals surface area contributed by atoms with Gasteiger partial charge in [-0.2, -0.15) is 13.2 Å². The maximum Gasteiger partial charge on any atom is 0.449 e. The van der Waals surface area contributed by atoms with Gasteiger partial charge < -0.3 is 4.57 Å². The van der Waals surface area contributed by atoms with Gasteiger partial charge in [0.15, 0.2) is 5.82 Å². The van der Waals surface area contributed by atoms with Gasteiger partial charge in [0, 0.05) is 17.3 Å². The number of halogens is 6. The molecule has 0 aliphatic heterocycles. The number of hydrogen-bond donors (Lipinski definition) is 0. The van der Waals surface area contributed by atoms with Crippen LogP contribution in [0.2, 0.25) is 0 Å². The molecular formula is C15H8F6N3. The van der Waals surface area contributed by atoms with Crippen molar-refractivity contribution in [2.24, 2.45) is 0 Å². The van der Waals surface area contributed by atoms with Crippen molar-refractivity contribution in [1.29, 1.82) is 0 Å². The van der Waals surface area contributed by atoms with E-state index in [2.05, 4.69) is 9.97 Å². The second kappa shape index (κ2) is 5.81. The molecule has 3 rings (SSSR count). The second-order valence-electron chi connectivity index (χ2n) is 4.93. The van der Waals surface area contributed by atoms with Crippen LogP contribution in [0.3, 0.4) is 0 Å². The van der Waals surface area contributed by atoms with Gasteiger partial charge in [-0.25, -0.2) is 18.2 Å². The van der Waals surface area contributed by atoms with E-state index in [1.807, 2.05) is 6.20 Å². The van der Waals surface area contributed by atoms with E-state index < -0.39 is 30.8 Å². The molecule has 0 amide bonds. The first-order valence-electron chi connectivity index (χ1n) is 6.65. The number of imidazole rings is 1. The first-order chi connectivity index (χ1) is 11.3. The minimum absolute atomic E-state index is 0.117. The highest BCUT2D eigenvalue weighted by molar-refractivity contribution is 5.92. The van der Waals surface area contributed by atoms with E-state index in [0.717, 1.165) is 6.07 Å². The lowest BCUT2D eigenvalue weighted by molar-refractivity contribution is -0.147. The van der Waals surface area contributed by atoms with E-state index in [-0.39, 0.29) is 22.2 Å². The van der Waals surface area contributed by atoms with E-state index in [1.54, 1.807) is 0 Å². The van der Waals surface area contributed by atoms with Gasteiger partial charge in [-0.05, 0) is 12.1 Å². The lowest BCUT2D eigenvalue weighted by atomic mass is 10.1. The Labute approximate surface area is 131 Å². The van der Waals surface area contributed by atoms with Crippen molar-refractivity contribution < 1.29 is 26.3 Å². The molecule has 9 heteroatoms. The Morgan fingerprint density at radius 1 is 1.21 bits per heavy atom. The zero-order valence-corrected chi connectivity index (χ0v) is 11.8. The quantitative estimate of drug-likeness (QED) is 0.663. The average Bonchev–Trinajstić information content (AvgIpc) is 2.85. The number of para-hydroxylation sites is 1. The summed E-state index contributed by atoms with van der Waals surface area (Å²) in [5.74, 6) is -2.23. The SMILES string of the molecule is Fc1[c]ncc(-c2cccc3c2nc(C(F)(F)F)n3CC(F)F)c1. The van der Waals surface area contributed by atoms with Gasteiger partial charge in [0.1, 0.15) is 6.20 Å². The van der Waals surface area contributed by atoms with Crippen LogP contribution in [0.25, 0.3) is 22.2 Å². The molecule has 2 heterocycles. The summed E-state index contributed by atoms with van der Waals surface area (Å²) >= 11 is 0. The third-order valence-electron chi connectivity index (χ3n) is 3.32. The third kappa shape index (κ3) is 2.93. The summed E-state index contributed by atoms with van der Waals surface area (Å²) in [5.41, 5.74) is 0.0601. The Hall–Kier alpha value is -2.58. The van der Waals surface area contributed by atoms with Crippen LogP contribution in [-0.4, -0.2) is 21.0 Å². The number of alkyl halides is 5. The fraction of sp³-hybridized carbons (Fsp3) is 0.200. The number of fused-ring (bicyclic) bond motifs is 1. The van der Waals surface area contributed by atoms with Crippen LogP contribution in [0.1, 0.15) is 5.82 Å². The summed E-state index contributed by atoms with van der Waals surface area (Å²) in [5, 5.41) is 0. The highest BCUT2D eigenvalue weighted by Gasteiger charge is 2.38. The van der Waals surface area contributed by atoms with Gasteiger partial charge in [-0.15, -0.1) is 0 Å². The Morgan fingerprint density at radius 3 is 2.58 bits per heavy atom. The van der Waals surface area contributed by atoms with E-state index in [9.17, 15) is 26.3 Å². The van der Waals surface area contributed by atoms with Crippen molar-refractivity contribution >= 4 is 11.0 Å². The first kappa shape index (κ1) is 16.3. The summed E-state index contributed by atoms with van der Waals surface area (Å²) in [6, 6.07) is 5.08. The fourth-order valence-electron chi connectivity index (χ4n) is 2.44. The monoisotopic (exact) mass is 344 g/mol. The summed E-state index contributed by atoms with van der Waals surface area (Å²) in [4.78, 5) is 7.00. The lowest BCUT2D eigenvalue weighted by Gasteiger charge is -2.10. The molecule has 0 N–H and O–H groups in total. The lowest BCUT2D eigenvalue weighted by Crippen LogP contribution is -2.17. The molecule has 0 aliphatic rings. The molecule has 125 valence electrons. The van der Waals surface area contributed by atoms with Crippen LogP contribution in [0, 0.1) is 12.0 Å². The Balaban J connectivity index is 2.29.